The van der Waals surface area contributed by atoms with Gasteiger partial charge in [-0.1, -0.05) is 29.4 Å². The number of fused-ring (bicyclic) bond motifs is 1. The van der Waals surface area contributed by atoms with E-state index < -0.39 is 23.1 Å². The van der Waals surface area contributed by atoms with Gasteiger partial charge >= 0.3 is 5.97 Å². The van der Waals surface area contributed by atoms with E-state index in [0.29, 0.717) is 36.1 Å². The van der Waals surface area contributed by atoms with Crippen LogP contribution >= 0.6 is 0 Å². The lowest BCUT2D eigenvalue weighted by atomic mass is 9.83. The van der Waals surface area contributed by atoms with E-state index in [2.05, 4.69) is 4.90 Å². The molecule has 0 bridgehead atoms. The van der Waals surface area contributed by atoms with E-state index in [1.54, 1.807) is 7.11 Å². The van der Waals surface area contributed by atoms with Crippen LogP contribution in [0, 0.1) is 5.92 Å². The number of carboxylic acid groups (broad SMARTS) is 1. The molecule has 2 aromatic rings. The van der Waals surface area contributed by atoms with E-state index in [9.17, 15) is 14.5 Å². The van der Waals surface area contributed by atoms with E-state index in [0.717, 1.165) is 16.9 Å². The van der Waals surface area contributed by atoms with Crippen molar-refractivity contribution >= 4 is 17.1 Å². The summed E-state index contributed by atoms with van der Waals surface area (Å²) in [4.78, 5) is 14.7. The molecule has 4 atom stereocenters. The molecule has 0 spiro atoms. The first kappa shape index (κ1) is 21.8. The molecule has 0 saturated carbocycles. The molecule has 2 aliphatic rings. The summed E-state index contributed by atoms with van der Waals surface area (Å²) in [5.74, 6) is 1.43. The summed E-state index contributed by atoms with van der Waals surface area (Å²) >= 11 is -0.923. The quantitative estimate of drug-likeness (QED) is 0.625. The van der Waals surface area contributed by atoms with Crippen LogP contribution in [0.1, 0.15) is 30.0 Å². The molecule has 7 nitrogen and oxygen atoms in total. The fraction of sp³-hybridized carbons (Fsp3) is 0.435. The van der Waals surface area contributed by atoms with Gasteiger partial charge in [0.1, 0.15) is 17.3 Å². The van der Waals surface area contributed by atoms with Gasteiger partial charge in [0, 0.05) is 25.0 Å². The smallest absolute Gasteiger partial charge is 0.309 e. The van der Waals surface area contributed by atoms with Gasteiger partial charge in [-0.2, -0.15) is 0 Å². The highest BCUT2D eigenvalue weighted by Crippen LogP contribution is 2.47. The standard InChI is InChI=1S/C23H27NO6S/c1-3-31(27)11-10-24-13-18(16-6-9-19-20(12-16)30-14-29-19)21(23(25)26)22(24)15-4-7-17(28-2)8-5-15/h4-9,12,18,21-22H,3,10-11,13-14H2,1-2H3,(H,25,26). The van der Waals surface area contributed by atoms with Crippen molar-refractivity contribution in [3.8, 4) is 17.2 Å². The average Bonchev–Trinajstić information content (AvgIpc) is 3.41. The van der Waals surface area contributed by atoms with Crippen molar-refractivity contribution in [2.45, 2.75) is 18.9 Å². The molecule has 1 fully saturated rings. The minimum Gasteiger partial charge on any atom is -0.616 e. The van der Waals surface area contributed by atoms with Gasteiger partial charge in [-0.25, -0.2) is 0 Å². The Balaban J connectivity index is 1.69. The van der Waals surface area contributed by atoms with E-state index in [4.69, 9.17) is 14.2 Å². The largest absolute Gasteiger partial charge is 0.616 e. The Bertz CT molecular complexity index is 921. The average molecular weight is 446 g/mol. The summed E-state index contributed by atoms with van der Waals surface area (Å²) in [5.41, 5.74) is 1.83. The van der Waals surface area contributed by atoms with Gasteiger partial charge in [0.15, 0.2) is 11.5 Å². The van der Waals surface area contributed by atoms with E-state index in [1.807, 2.05) is 49.4 Å². The first-order valence-corrected chi connectivity index (χ1v) is 11.9. The second kappa shape index (κ2) is 9.38. The topological polar surface area (TPSA) is 91.3 Å². The number of aliphatic carboxylic acids is 1. The van der Waals surface area contributed by atoms with Gasteiger partial charge < -0.3 is 23.9 Å². The summed E-state index contributed by atoms with van der Waals surface area (Å²) in [5, 5.41) is 10.2. The number of benzene rings is 2. The van der Waals surface area contributed by atoms with Crippen LogP contribution in [0.2, 0.25) is 0 Å². The van der Waals surface area contributed by atoms with Crippen LogP contribution in [0.3, 0.4) is 0 Å². The third-order valence-corrected chi connectivity index (χ3v) is 7.38. The number of methoxy groups -OCH3 is 1. The van der Waals surface area contributed by atoms with Gasteiger partial charge in [0.2, 0.25) is 6.79 Å². The lowest BCUT2D eigenvalue weighted by Crippen LogP contribution is -2.32. The number of rotatable bonds is 8. The van der Waals surface area contributed by atoms with Crippen LogP contribution in [0.4, 0.5) is 0 Å². The molecule has 0 amide bonds. The SMILES string of the molecule is CC[S+]([O-])CCN1CC(c2ccc3c(c2)OCO3)C(C(=O)O)C1c1ccc(OC)cc1. The molecule has 2 aliphatic heterocycles. The Kier molecular flexibility index (Phi) is 6.60. The first-order valence-electron chi connectivity index (χ1n) is 10.4. The summed E-state index contributed by atoms with van der Waals surface area (Å²) in [6, 6.07) is 12.9. The maximum absolute atomic E-state index is 12.5. The van der Waals surface area contributed by atoms with Gasteiger partial charge in [-0.15, -0.1) is 0 Å². The second-order valence-electron chi connectivity index (χ2n) is 7.73. The molecule has 0 radical (unpaired) electrons. The van der Waals surface area contributed by atoms with Crippen molar-refractivity contribution in [3.05, 3.63) is 53.6 Å². The highest BCUT2D eigenvalue weighted by molar-refractivity contribution is 7.91. The second-order valence-corrected chi connectivity index (χ2v) is 9.59. The molecule has 4 unspecified atom stereocenters. The van der Waals surface area contributed by atoms with E-state index >= 15 is 0 Å². The fourth-order valence-corrected chi connectivity index (χ4v) is 5.23. The first-order chi connectivity index (χ1) is 15.0. The molecule has 2 aromatic carbocycles. The highest BCUT2D eigenvalue weighted by Gasteiger charge is 2.47. The van der Waals surface area contributed by atoms with Crippen molar-refractivity contribution < 1.29 is 28.7 Å². The number of hydrogen-bond donors (Lipinski definition) is 1. The molecular weight excluding hydrogens is 418 g/mol. The summed E-state index contributed by atoms with van der Waals surface area (Å²) in [6.07, 6.45) is 0. The zero-order valence-corrected chi connectivity index (χ0v) is 18.5. The van der Waals surface area contributed by atoms with E-state index in [-0.39, 0.29) is 18.8 Å². The Morgan fingerprint density at radius 1 is 1.19 bits per heavy atom. The lowest BCUT2D eigenvalue weighted by Gasteiger charge is -2.27. The zero-order chi connectivity index (χ0) is 22.0. The van der Waals surface area contributed by atoms with Crippen LogP contribution in [-0.2, 0) is 16.0 Å². The maximum Gasteiger partial charge on any atom is 0.309 e. The van der Waals surface area contributed by atoms with Crippen molar-refractivity contribution in [2.24, 2.45) is 5.92 Å². The van der Waals surface area contributed by atoms with Crippen LogP contribution in [0.5, 0.6) is 17.2 Å². The number of ether oxygens (including phenoxy) is 3. The van der Waals surface area contributed by atoms with Crippen molar-refractivity contribution in [1.29, 1.82) is 0 Å². The van der Waals surface area contributed by atoms with Gasteiger partial charge in [-0.3, -0.25) is 9.69 Å². The highest BCUT2D eigenvalue weighted by atomic mass is 32.2. The van der Waals surface area contributed by atoms with Crippen LogP contribution in [-0.4, -0.2) is 59.0 Å². The number of nitrogens with zero attached hydrogens (tertiary/aromatic N) is 1. The zero-order valence-electron chi connectivity index (χ0n) is 17.7. The third-order valence-electron chi connectivity index (χ3n) is 6.09. The van der Waals surface area contributed by atoms with Gasteiger partial charge in [0.25, 0.3) is 0 Å². The van der Waals surface area contributed by atoms with E-state index in [1.165, 1.54) is 0 Å². The van der Waals surface area contributed by atoms with Gasteiger partial charge in [-0.05, 0) is 42.3 Å². The summed E-state index contributed by atoms with van der Waals surface area (Å²) in [7, 11) is 1.60. The molecule has 31 heavy (non-hydrogen) atoms. The van der Waals surface area contributed by atoms with Crippen LogP contribution < -0.4 is 14.2 Å². The third kappa shape index (κ3) is 4.46. The molecule has 0 aliphatic carbocycles. The summed E-state index contributed by atoms with van der Waals surface area (Å²) < 4.78 is 28.3. The van der Waals surface area contributed by atoms with Crippen molar-refractivity contribution in [2.75, 3.05) is 38.5 Å². The van der Waals surface area contributed by atoms with Crippen LogP contribution in [0.25, 0.3) is 0 Å². The molecule has 1 saturated heterocycles. The fourth-order valence-electron chi connectivity index (χ4n) is 4.50. The minimum atomic E-state index is -0.923. The molecule has 166 valence electrons. The molecule has 8 heteroatoms. The van der Waals surface area contributed by atoms with Gasteiger partial charge in [0.05, 0.1) is 13.0 Å². The van der Waals surface area contributed by atoms with Crippen molar-refractivity contribution in [3.63, 3.8) is 0 Å². The lowest BCUT2D eigenvalue weighted by molar-refractivity contribution is -0.143. The predicted octanol–water partition coefficient (Wildman–Crippen LogP) is 3.03. The normalized spacial score (nSPS) is 23.6. The number of hydrogen-bond acceptors (Lipinski definition) is 6. The monoisotopic (exact) mass is 445 g/mol. The molecule has 1 N–H and O–H groups in total. The Morgan fingerprint density at radius 3 is 2.58 bits per heavy atom. The Hall–Kier alpha value is -2.42. The summed E-state index contributed by atoms with van der Waals surface area (Å²) in [6.45, 7) is 3.21. The minimum absolute atomic E-state index is 0.176. The number of carboxylic acids is 1. The van der Waals surface area contributed by atoms with Crippen LogP contribution in [0.15, 0.2) is 42.5 Å². The molecule has 0 aromatic heterocycles. The molecular formula is C23H27NO6S. The predicted molar refractivity (Wildman–Crippen MR) is 117 cm³/mol. The van der Waals surface area contributed by atoms with Crippen molar-refractivity contribution in [1.82, 2.24) is 4.90 Å². The number of likely N-dealkylation sites (tertiary alicyclic amines) is 1. The number of carbonyl (C=O) groups is 1. The Labute approximate surface area is 185 Å². The molecule has 2 heterocycles. The maximum atomic E-state index is 12.5. The Morgan fingerprint density at radius 2 is 1.90 bits per heavy atom. The molecule has 4 rings (SSSR count).